The molecule has 0 atom stereocenters. The molecule has 0 fully saturated rings. The molecular weight excluding hydrogens is 347 g/mol. The number of amides is 1. The SMILES string of the molecule is O=C(/C=C/c1cnc2ccccc2n1)Nc1cccc(OC(F)(F)F)c1. The van der Waals surface area contributed by atoms with E-state index in [1.807, 2.05) is 18.2 Å². The third-order valence-electron chi connectivity index (χ3n) is 3.21. The number of benzene rings is 2. The molecule has 0 saturated carbocycles. The fourth-order valence-electron chi connectivity index (χ4n) is 2.17. The summed E-state index contributed by atoms with van der Waals surface area (Å²) in [5.74, 6) is -0.941. The predicted molar refractivity (Wildman–Crippen MR) is 90.3 cm³/mol. The van der Waals surface area contributed by atoms with E-state index >= 15 is 0 Å². The molecule has 0 saturated heterocycles. The first-order chi connectivity index (χ1) is 12.4. The summed E-state index contributed by atoms with van der Waals surface area (Å²) >= 11 is 0. The molecule has 0 aliphatic carbocycles. The van der Waals surface area contributed by atoms with E-state index in [4.69, 9.17) is 0 Å². The molecule has 1 N–H and O–H groups in total. The van der Waals surface area contributed by atoms with Gasteiger partial charge in [-0.3, -0.25) is 9.78 Å². The van der Waals surface area contributed by atoms with Crippen molar-refractivity contribution in [1.82, 2.24) is 9.97 Å². The molecule has 0 spiro atoms. The largest absolute Gasteiger partial charge is 0.573 e. The van der Waals surface area contributed by atoms with Gasteiger partial charge in [0, 0.05) is 17.8 Å². The minimum atomic E-state index is -4.79. The van der Waals surface area contributed by atoms with Crippen molar-refractivity contribution in [3.63, 3.8) is 0 Å². The van der Waals surface area contributed by atoms with Gasteiger partial charge in [0.15, 0.2) is 0 Å². The molecule has 0 unspecified atom stereocenters. The Kier molecular flexibility index (Phi) is 4.83. The van der Waals surface area contributed by atoms with E-state index in [0.29, 0.717) is 11.2 Å². The number of nitrogens with one attached hydrogen (secondary N) is 1. The zero-order chi connectivity index (χ0) is 18.6. The number of hydrogen-bond acceptors (Lipinski definition) is 4. The van der Waals surface area contributed by atoms with Crippen LogP contribution in [0.15, 0.2) is 60.8 Å². The standard InChI is InChI=1S/C18H12F3N3O2/c19-18(20,21)26-14-5-3-4-12(10-14)24-17(25)9-8-13-11-22-15-6-1-2-7-16(15)23-13/h1-11H,(H,24,25)/b9-8+. The minimum Gasteiger partial charge on any atom is -0.406 e. The number of nitrogens with zero attached hydrogens (tertiary/aromatic N) is 2. The van der Waals surface area contributed by atoms with E-state index in [1.165, 1.54) is 30.5 Å². The Hall–Kier alpha value is -3.42. The first kappa shape index (κ1) is 17.4. The number of carbonyl (C=O) groups excluding carboxylic acids is 1. The van der Waals surface area contributed by atoms with Crippen LogP contribution in [-0.2, 0) is 4.79 Å². The Morgan fingerprint density at radius 2 is 1.85 bits per heavy atom. The van der Waals surface area contributed by atoms with Crippen molar-refractivity contribution in [1.29, 1.82) is 0 Å². The number of ether oxygens (including phenoxy) is 1. The summed E-state index contributed by atoms with van der Waals surface area (Å²) in [7, 11) is 0. The monoisotopic (exact) mass is 359 g/mol. The van der Waals surface area contributed by atoms with Gasteiger partial charge in [-0.2, -0.15) is 0 Å². The second-order valence-electron chi connectivity index (χ2n) is 5.18. The number of anilines is 1. The maximum Gasteiger partial charge on any atom is 0.573 e. The molecule has 132 valence electrons. The van der Waals surface area contributed by atoms with E-state index < -0.39 is 18.0 Å². The summed E-state index contributed by atoms with van der Waals surface area (Å²) in [5, 5.41) is 2.45. The van der Waals surface area contributed by atoms with Crippen LogP contribution in [0.4, 0.5) is 18.9 Å². The smallest absolute Gasteiger partial charge is 0.406 e. The van der Waals surface area contributed by atoms with Crippen LogP contribution in [0.1, 0.15) is 5.69 Å². The number of carbonyl (C=O) groups is 1. The van der Waals surface area contributed by atoms with E-state index in [9.17, 15) is 18.0 Å². The summed E-state index contributed by atoms with van der Waals surface area (Å²) < 4.78 is 40.5. The van der Waals surface area contributed by atoms with Crippen LogP contribution in [-0.4, -0.2) is 22.2 Å². The van der Waals surface area contributed by atoms with Crippen LogP contribution in [0.5, 0.6) is 5.75 Å². The molecular formula is C18H12F3N3O2. The highest BCUT2D eigenvalue weighted by Crippen LogP contribution is 2.25. The summed E-state index contributed by atoms with van der Waals surface area (Å²) in [5.41, 5.74) is 2.07. The van der Waals surface area contributed by atoms with Crippen molar-refractivity contribution in [2.75, 3.05) is 5.32 Å². The van der Waals surface area contributed by atoms with Gasteiger partial charge in [-0.1, -0.05) is 18.2 Å². The highest BCUT2D eigenvalue weighted by molar-refractivity contribution is 6.01. The average Bonchev–Trinajstić information content (AvgIpc) is 2.58. The van der Waals surface area contributed by atoms with E-state index in [0.717, 1.165) is 17.6 Å². The predicted octanol–water partition coefficient (Wildman–Crippen LogP) is 4.18. The molecule has 0 aliphatic heterocycles. The fraction of sp³-hybridized carbons (Fsp3) is 0.0556. The Morgan fingerprint density at radius 1 is 1.08 bits per heavy atom. The maximum atomic E-state index is 12.2. The average molecular weight is 359 g/mol. The van der Waals surface area contributed by atoms with Crippen molar-refractivity contribution in [2.24, 2.45) is 0 Å². The van der Waals surface area contributed by atoms with E-state index in [-0.39, 0.29) is 5.69 Å². The second-order valence-corrected chi connectivity index (χ2v) is 5.18. The number of alkyl halides is 3. The van der Waals surface area contributed by atoms with Gasteiger partial charge in [0.25, 0.3) is 0 Å². The van der Waals surface area contributed by atoms with Crippen LogP contribution in [0.2, 0.25) is 0 Å². The first-order valence-corrected chi connectivity index (χ1v) is 7.46. The maximum absolute atomic E-state index is 12.2. The zero-order valence-corrected chi connectivity index (χ0v) is 13.2. The normalized spacial score (nSPS) is 11.7. The van der Waals surface area contributed by atoms with Gasteiger partial charge in [-0.25, -0.2) is 4.98 Å². The molecule has 0 aliphatic rings. The molecule has 3 aromatic rings. The lowest BCUT2D eigenvalue weighted by Crippen LogP contribution is -2.17. The molecule has 2 aromatic carbocycles. The van der Waals surface area contributed by atoms with Gasteiger partial charge in [-0.15, -0.1) is 13.2 Å². The molecule has 0 radical (unpaired) electrons. The van der Waals surface area contributed by atoms with Gasteiger partial charge in [-0.05, 0) is 30.3 Å². The molecule has 0 bridgehead atoms. The molecule has 8 heteroatoms. The summed E-state index contributed by atoms with van der Waals surface area (Å²) in [6.07, 6.45) is -0.595. The third-order valence-corrected chi connectivity index (χ3v) is 3.21. The Bertz CT molecular complexity index is 971. The minimum absolute atomic E-state index is 0.172. The van der Waals surface area contributed by atoms with Crippen LogP contribution in [0.25, 0.3) is 17.1 Å². The number of aromatic nitrogens is 2. The molecule has 1 amide bonds. The van der Waals surface area contributed by atoms with Crippen molar-refractivity contribution >= 4 is 28.7 Å². The summed E-state index contributed by atoms with van der Waals surface area (Å²) in [6.45, 7) is 0. The third kappa shape index (κ3) is 4.79. The topological polar surface area (TPSA) is 64.1 Å². The van der Waals surface area contributed by atoms with Crippen LogP contribution in [0, 0.1) is 0 Å². The van der Waals surface area contributed by atoms with Gasteiger partial charge >= 0.3 is 6.36 Å². The lowest BCUT2D eigenvalue weighted by molar-refractivity contribution is -0.274. The van der Waals surface area contributed by atoms with Crippen molar-refractivity contribution in [3.05, 3.63) is 66.5 Å². The Balaban J connectivity index is 1.68. The Morgan fingerprint density at radius 3 is 2.62 bits per heavy atom. The molecule has 1 heterocycles. The lowest BCUT2D eigenvalue weighted by atomic mass is 10.2. The number of hydrogen-bond donors (Lipinski definition) is 1. The first-order valence-electron chi connectivity index (χ1n) is 7.46. The Labute approximate surface area is 146 Å². The fourth-order valence-corrected chi connectivity index (χ4v) is 2.17. The number of halogens is 3. The van der Waals surface area contributed by atoms with Crippen molar-refractivity contribution < 1.29 is 22.7 Å². The molecule has 1 aromatic heterocycles. The van der Waals surface area contributed by atoms with Crippen LogP contribution < -0.4 is 10.1 Å². The van der Waals surface area contributed by atoms with Gasteiger partial charge in [0.1, 0.15) is 5.75 Å². The van der Waals surface area contributed by atoms with Crippen molar-refractivity contribution in [2.45, 2.75) is 6.36 Å². The summed E-state index contributed by atoms with van der Waals surface area (Å²) in [4.78, 5) is 20.5. The van der Waals surface area contributed by atoms with E-state index in [1.54, 1.807) is 6.07 Å². The zero-order valence-electron chi connectivity index (χ0n) is 13.2. The number of fused-ring (bicyclic) bond motifs is 1. The highest BCUT2D eigenvalue weighted by Gasteiger charge is 2.31. The van der Waals surface area contributed by atoms with Gasteiger partial charge < -0.3 is 10.1 Å². The number of para-hydroxylation sites is 2. The quantitative estimate of drug-likeness (QED) is 0.710. The summed E-state index contributed by atoms with van der Waals surface area (Å²) in [6, 6.07) is 12.3. The van der Waals surface area contributed by atoms with Crippen LogP contribution in [0.3, 0.4) is 0 Å². The van der Waals surface area contributed by atoms with Crippen LogP contribution >= 0.6 is 0 Å². The highest BCUT2D eigenvalue weighted by atomic mass is 19.4. The second kappa shape index (κ2) is 7.22. The molecule has 3 rings (SSSR count). The van der Waals surface area contributed by atoms with Gasteiger partial charge in [0.05, 0.1) is 22.9 Å². The van der Waals surface area contributed by atoms with Crippen molar-refractivity contribution in [3.8, 4) is 5.75 Å². The number of rotatable bonds is 4. The van der Waals surface area contributed by atoms with E-state index in [2.05, 4.69) is 20.0 Å². The molecule has 5 nitrogen and oxygen atoms in total. The molecule has 26 heavy (non-hydrogen) atoms. The lowest BCUT2D eigenvalue weighted by Gasteiger charge is -2.10. The van der Waals surface area contributed by atoms with Gasteiger partial charge in [0.2, 0.25) is 5.91 Å².